The lowest BCUT2D eigenvalue weighted by atomic mass is 9.95. The van der Waals surface area contributed by atoms with Crippen LogP contribution in [0.3, 0.4) is 0 Å². The number of methoxy groups -OCH3 is 1. The number of carbonyl (C=O) groups excluding carboxylic acids is 3. The van der Waals surface area contributed by atoms with Crippen LogP contribution in [0.15, 0.2) is 36.4 Å². The number of anilines is 1. The highest BCUT2D eigenvalue weighted by Crippen LogP contribution is 2.36. The highest BCUT2D eigenvalue weighted by atomic mass is 35.5. The Hall–Kier alpha value is -3.06. The summed E-state index contributed by atoms with van der Waals surface area (Å²) in [6.07, 6.45) is 5.10. The van der Waals surface area contributed by atoms with Crippen molar-refractivity contribution in [2.24, 2.45) is 5.92 Å². The Balaban J connectivity index is 1.39. The molecule has 34 heavy (non-hydrogen) atoms. The van der Waals surface area contributed by atoms with Gasteiger partial charge in [-0.15, -0.1) is 0 Å². The zero-order valence-corrected chi connectivity index (χ0v) is 19.9. The number of halogens is 1. The van der Waals surface area contributed by atoms with Gasteiger partial charge < -0.3 is 20.3 Å². The zero-order valence-electron chi connectivity index (χ0n) is 19.1. The number of fused-ring (bicyclic) bond motifs is 2. The molecule has 3 amide bonds. The van der Waals surface area contributed by atoms with Crippen LogP contribution in [0, 0.1) is 5.92 Å². The third-order valence-electron chi connectivity index (χ3n) is 7.22. The first-order valence-corrected chi connectivity index (χ1v) is 12.2. The molecule has 0 aromatic heterocycles. The van der Waals surface area contributed by atoms with E-state index in [9.17, 15) is 14.4 Å². The van der Waals surface area contributed by atoms with Crippen molar-refractivity contribution < 1.29 is 19.1 Å². The van der Waals surface area contributed by atoms with Crippen molar-refractivity contribution in [2.75, 3.05) is 19.0 Å². The molecule has 2 fully saturated rings. The Labute approximate surface area is 203 Å². The highest BCUT2D eigenvalue weighted by molar-refractivity contribution is 6.31. The minimum atomic E-state index is -0.619. The number of piperidine rings is 1. The number of amides is 3. The highest BCUT2D eigenvalue weighted by Gasteiger charge is 2.40. The first kappa shape index (κ1) is 22.7. The topological polar surface area (TPSA) is 87.7 Å². The van der Waals surface area contributed by atoms with Gasteiger partial charge in [0.25, 0.3) is 5.91 Å². The summed E-state index contributed by atoms with van der Waals surface area (Å²) in [7, 11) is 1.59. The molecule has 0 spiro atoms. The summed E-state index contributed by atoms with van der Waals surface area (Å²) in [5, 5.41) is 6.63. The van der Waals surface area contributed by atoms with Crippen LogP contribution in [0.2, 0.25) is 5.02 Å². The molecule has 2 N–H and O–H groups in total. The molecule has 8 heteroatoms. The van der Waals surface area contributed by atoms with E-state index in [4.69, 9.17) is 16.3 Å². The predicted molar refractivity (Wildman–Crippen MR) is 130 cm³/mol. The average Bonchev–Trinajstić information content (AvgIpc) is 3.36. The Morgan fingerprint density at radius 3 is 2.65 bits per heavy atom. The van der Waals surface area contributed by atoms with E-state index in [2.05, 4.69) is 10.6 Å². The van der Waals surface area contributed by atoms with Crippen molar-refractivity contribution in [3.05, 3.63) is 47.0 Å². The molecule has 2 atom stereocenters. The van der Waals surface area contributed by atoms with Gasteiger partial charge >= 0.3 is 0 Å². The maximum absolute atomic E-state index is 13.5. The van der Waals surface area contributed by atoms with Gasteiger partial charge in [-0.2, -0.15) is 0 Å². The van der Waals surface area contributed by atoms with E-state index >= 15 is 0 Å². The predicted octanol–water partition coefficient (Wildman–Crippen LogP) is 4.25. The van der Waals surface area contributed by atoms with Crippen LogP contribution < -0.4 is 15.4 Å². The lowest BCUT2D eigenvalue weighted by molar-refractivity contribution is -0.127. The van der Waals surface area contributed by atoms with Crippen LogP contribution in [0.5, 0.6) is 5.75 Å². The zero-order chi connectivity index (χ0) is 23.8. The Kier molecular flexibility index (Phi) is 6.21. The van der Waals surface area contributed by atoms with Crippen LogP contribution in [0.25, 0.3) is 11.1 Å². The SMILES string of the molecule is COc1ccc(Cl)cc1-c1ccc2c(c1)C(=O)N1CC[C@H](NC(=O)C3CCCC3)C[C@H]1C(=O)N2. The quantitative estimate of drug-likeness (QED) is 0.683. The van der Waals surface area contributed by atoms with Gasteiger partial charge in [-0.3, -0.25) is 14.4 Å². The van der Waals surface area contributed by atoms with Gasteiger partial charge in [-0.1, -0.05) is 30.5 Å². The number of nitrogens with one attached hydrogen (secondary N) is 2. The number of rotatable bonds is 4. The lowest BCUT2D eigenvalue weighted by Crippen LogP contribution is -2.55. The molecule has 3 aliphatic rings. The van der Waals surface area contributed by atoms with E-state index in [1.165, 1.54) is 0 Å². The molecule has 2 aromatic rings. The van der Waals surface area contributed by atoms with Gasteiger partial charge in [0.2, 0.25) is 11.8 Å². The molecule has 0 bridgehead atoms. The molecule has 2 aromatic carbocycles. The van der Waals surface area contributed by atoms with Gasteiger partial charge in [0, 0.05) is 29.1 Å². The van der Waals surface area contributed by atoms with Gasteiger partial charge in [0.05, 0.1) is 18.4 Å². The van der Waals surface area contributed by atoms with Gasteiger partial charge in [-0.05, 0) is 61.6 Å². The number of hydrogen-bond donors (Lipinski definition) is 2. The molecule has 7 nitrogen and oxygen atoms in total. The lowest BCUT2D eigenvalue weighted by Gasteiger charge is -2.37. The monoisotopic (exact) mass is 481 g/mol. The summed E-state index contributed by atoms with van der Waals surface area (Å²) in [6.45, 7) is 0.413. The third kappa shape index (κ3) is 4.25. The van der Waals surface area contributed by atoms with Crippen molar-refractivity contribution >= 4 is 35.0 Å². The fourth-order valence-corrected chi connectivity index (χ4v) is 5.54. The molecular formula is C26H28ClN3O4. The van der Waals surface area contributed by atoms with Crippen LogP contribution in [0.4, 0.5) is 5.69 Å². The van der Waals surface area contributed by atoms with Gasteiger partial charge in [0.1, 0.15) is 11.8 Å². The van der Waals surface area contributed by atoms with Crippen molar-refractivity contribution in [3.8, 4) is 16.9 Å². The fourth-order valence-electron chi connectivity index (χ4n) is 5.37. The Morgan fingerprint density at radius 2 is 1.88 bits per heavy atom. The summed E-state index contributed by atoms with van der Waals surface area (Å²) in [4.78, 5) is 40.9. The van der Waals surface area contributed by atoms with Crippen LogP contribution in [0.1, 0.15) is 48.9 Å². The average molecular weight is 482 g/mol. The molecule has 0 unspecified atom stereocenters. The van der Waals surface area contributed by atoms with E-state index in [1.54, 1.807) is 42.3 Å². The van der Waals surface area contributed by atoms with Crippen LogP contribution in [-0.2, 0) is 9.59 Å². The summed E-state index contributed by atoms with van der Waals surface area (Å²) in [5.74, 6) is 0.390. The van der Waals surface area contributed by atoms with Crippen LogP contribution in [-0.4, -0.2) is 48.4 Å². The third-order valence-corrected chi connectivity index (χ3v) is 7.45. The molecule has 1 saturated heterocycles. The van der Waals surface area contributed by atoms with E-state index in [1.807, 2.05) is 6.07 Å². The molecular weight excluding hydrogens is 454 g/mol. The van der Waals surface area contributed by atoms with Crippen molar-refractivity contribution in [3.63, 3.8) is 0 Å². The summed E-state index contributed by atoms with van der Waals surface area (Å²) < 4.78 is 5.48. The van der Waals surface area contributed by atoms with E-state index in [0.29, 0.717) is 41.4 Å². The number of carbonyl (C=O) groups is 3. The Morgan fingerprint density at radius 1 is 1.09 bits per heavy atom. The van der Waals surface area contributed by atoms with Crippen molar-refractivity contribution in [1.82, 2.24) is 10.2 Å². The first-order valence-electron chi connectivity index (χ1n) is 11.8. The second-order valence-corrected chi connectivity index (χ2v) is 9.76. The van der Waals surface area contributed by atoms with E-state index in [0.717, 1.165) is 36.8 Å². The molecule has 1 saturated carbocycles. The Bertz CT molecular complexity index is 1140. The molecule has 2 aliphatic heterocycles. The van der Waals surface area contributed by atoms with Crippen LogP contribution >= 0.6 is 11.6 Å². The van der Waals surface area contributed by atoms with Crippen molar-refractivity contribution in [2.45, 2.75) is 50.6 Å². The van der Waals surface area contributed by atoms with Crippen molar-refractivity contribution in [1.29, 1.82) is 0 Å². The minimum Gasteiger partial charge on any atom is -0.496 e. The standard InChI is InChI=1S/C26H28ClN3O4/c1-34-23-9-7-17(27)13-19(23)16-6-8-21-20(12-16)26(33)30-11-10-18(14-22(30)25(32)29-21)28-24(31)15-4-2-3-5-15/h6-9,12-13,15,18,22H,2-5,10-11,14H2,1H3,(H,28,31)(H,29,32)/t18-,22-/m0/s1. The normalized spacial score (nSPS) is 22.5. The largest absolute Gasteiger partial charge is 0.496 e. The maximum atomic E-state index is 13.5. The minimum absolute atomic E-state index is 0.0776. The molecule has 2 heterocycles. The second-order valence-electron chi connectivity index (χ2n) is 9.32. The maximum Gasteiger partial charge on any atom is 0.256 e. The van der Waals surface area contributed by atoms with Gasteiger partial charge in [-0.25, -0.2) is 0 Å². The summed E-state index contributed by atoms with van der Waals surface area (Å²) in [5.41, 5.74) is 2.47. The molecule has 0 radical (unpaired) electrons. The number of ether oxygens (including phenoxy) is 1. The number of hydrogen-bond acceptors (Lipinski definition) is 4. The number of benzene rings is 2. The molecule has 178 valence electrons. The summed E-state index contributed by atoms with van der Waals surface area (Å²) >= 11 is 6.21. The summed E-state index contributed by atoms with van der Waals surface area (Å²) in [6, 6.07) is 9.97. The second kappa shape index (κ2) is 9.29. The number of nitrogens with zero attached hydrogens (tertiary/aromatic N) is 1. The smallest absolute Gasteiger partial charge is 0.256 e. The fraction of sp³-hybridized carbons (Fsp3) is 0.423. The van der Waals surface area contributed by atoms with E-state index in [-0.39, 0.29) is 29.7 Å². The van der Waals surface area contributed by atoms with E-state index < -0.39 is 6.04 Å². The van der Waals surface area contributed by atoms with Gasteiger partial charge in [0.15, 0.2) is 0 Å². The molecule has 1 aliphatic carbocycles. The first-order chi connectivity index (χ1) is 16.4. The molecule has 5 rings (SSSR count).